The van der Waals surface area contributed by atoms with Crippen molar-refractivity contribution in [1.29, 1.82) is 5.26 Å². The highest BCUT2D eigenvalue weighted by Gasteiger charge is 2.25. The molecule has 0 unspecified atom stereocenters. The average Bonchev–Trinajstić information content (AvgIpc) is 3.12. The predicted molar refractivity (Wildman–Crippen MR) is 129 cm³/mol. The molecule has 0 bridgehead atoms. The fourth-order valence-corrected chi connectivity index (χ4v) is 4.86. The number of aromatic nitrogens is 2. The van der Waals surface area contributed by atoms with Gasteiger partial charge in [-0.1, -0.05) is 75.4 Å². The van der Waals surface area contributed by atoms with Gasteiger partial charge >= 0.3 is 0 Å². The number of nitriles is 1. The van der Waals surface area contributed by atoms with Gasteiger partial charge in [0.25, 0.3) is 0 Å². The Bertz CT molecular complexity index is 1520. The van der Waals surface area contributed by atoms with Crippen molar-refractivity contribution in [2.24, 2.45) is 0 Å². The normalized spacial score (nSPS) is 12.0. The average molecular weight is 404 g/mol. The van der Waals surface area contributed by atoms with Crippen LogP contribution >= 0.6 is 0 Å². The zero-order valence-corrected chi connectivity index (χ0v) is 18.6. The van der Waals surface area contributed by atoms with Crippen molar-refractivity contribution in [3.05, 3.63) is 83.0 Å². The summed E-state index contributed by atoms with van der Waals surface area (Å²) >= 11 is 0. The van der Waals surface area contributed by atoms with E-state index in [2.05, 4.69) is 106 Å². The van der Waals surface area contributed by atoms with E-state index in [1.165, 1.54) is 16.3 Å². The Morgan fingerprint density at radius 2 is 1.48 bits per heavy atom. The summed E-state index contributed by atoms with van der Waals surface area (Å²) in [6.07, 6.45) is 0. The Morgan fingerprint density at radius 1 is 0.839 bits per heavy atom. The molecule has 5 rings (SSSR count). The van der Waals surface area contributed by atoms with E-state index < -0.39 is 0 Å². The standard InChI is InChI=1S/C28H25N3/c1-17-10-8-11-18(2)24(17)26-22(16-29)30-27-25-20(13-9-14-21(25)28(3,4)5)19-12-6-7-15-23(19)31(26)27/h6-15H,1-5H3. The highest BCUT2D eigenvalue weighted by Crippen LogP contribution is 2.40. The van der Waals surface area contributed by atoms with Gasteiger partial charge in [0.05, 0.1) is 11.2 Å². The lowest BCUT2D eigenvalue weighted by atomic mass is 9.83. The highest BCUT2D eigenvalue weighted by atomic mass is 15.0. The van der Waals surface area contributed by atoms with Gasteiger partial charge in [0.15, 0.2) is 5.69 Å². The zero-order valence-electron chi connectivity index (χ0n) is 18.6. The monoisotopic (exact) mass is 403 g/mol. The third kappa shape index (κ3) is 2.75. The minimum absolute atomic E-state index is 0.0556. The fraction of sp³-hybridized carbons (Fsp3) is 0.214. The molecule has 3 heteroatoms. The maximum atomic E-state index is 10.1. The molecule has 0 saturated heterocycles. The Hall–Kier alpha value is -3.64. The summed E-state index contributed by atoms with van der Waals surface area (Å²) in [5.41, 5.74) is 7.84. The lowest BCUT2D eigenvalue weighted by Gasteiger charge is -2.23. The van der Waals surface area contributed by atoms with Crippen LogP contribution in [0.4, 0.5) is 0 Å². The van der Waals surface area contributed by atoms with Gasteiger partial charge in [-0.05, 0) is 47.4 Å². The number of benzene rings is 3. The van der Waals surface area contributed by atoms with Crippen LogP contribution < -0.4 is 0 Å². The van der Waals surface area contributed by atoms with Crippen LogP contribution in [0.2, 0.25) is 0 Å². The number of rotatable bonds is 1. The van der Waals surface area contributed by atoms with Crippen LogP contribution in [-0.2, 0) is 5.41 Å². The first-order valence-corrected chi connectivity index (χ1v) is 10.7. The van der Waals surface area contributed by atoms with Crippen LogP contribution in [0.1, 0.15) is 43.2 Å². The van der Waals surface area contributed by atoms with E-state index >= 15 is 0 Å². The van der Waals surface area contributed by atoms with Crippen molar-refractivity contribution in [1.82, 2.24) is 9.38 Å². The van der Waals surface area contributed by atoms with Gasteiger partial charge in [-0.3, -0.25) is 4.40 Å². The summed E-state index contributed by atoms with van der Waals surface area (Å²) in [6, 6.07) is 23.6. The highest BCUT2D eigenvalue weighted by molar-refractivity contribution is 6.14. The van der Waals surface area contributed by atoms with Gasteiger partial charge in [0, 0.05) is 16.3 Å². The van der Waals surface area contributed by atoms with Gasteiger partial charge in [-0.15, -0.1) is 0 Å². The van der Waals surface area contributed by atoms with Crippen molar-refractivity contribution >= 4 is 27.3 Å². The van der Waals surface area contributed by atoms with Crippen molar-refractivity contribution in [2.45, 2.75) is 40.0 Å². The lowest BCUT2D eigenvalue weighted by molar-refractivity contribution is 0.596. The first-order valence-electron chi connectivity index (χ1n) is 10.7. The van der Waals surface area contributed by atoms with Gasteiger partial charge in [-0.2, -0.15) is 5.26 Å². The number of para-hydroxylation sites is 1. The first-order chi connectivity index (χ1) is 14.8. The molecule has 0 saturated carbocycles. The second-order valence-electron chi connectivity index (χ2n) is 9.34. The molecule has 0 fully saturated rings. The second-order valence-corrected chi connectivity index (χ2v) is 9.34. The van der Waals surface area contributed by atoms with Gasteiger partial charge in [-0.25, -0.2) is 4.98 Å². The molecule has 31 heavy (non-hydrogen) atoms. The van der Waals surface area contributed by atoms with E-state index in [0.29, 0.717) is 5.69 Å². The van der Waals surface area contributed by atoms with Crippen LogP contribution in [0, 0.1) is 25.2 Å². The molecule has 3 aromatic carbocycles. The smallest absolute Gasteiger partial charge is 0.167 e. The molecule has 152 valence electrons. The van der Waals surface area contributed by atoms with E-state index in [4.69, 9.17) is 4.98 Å². The molecule has 5 aromatic rings. The SMILES string of the molecule is Cc1cccc(C)c1-c1c(C#N)nc2c3c(C(C)(C)C)cccc3c3ccccc3n12. The molecule has 0 amide bonds. The van der Waals surface area contributed by atoms with Crippen molar-refractivity contribution in [3.8, 4) is 17.3 Å². The van der Waals surface area contributed by atoms with Gasteiger partial charge in [0.1, 0.15) is 11.7 Å². The minimum Gasteiger partial charge on any atom is -0.290 e. The number of imidazole rings is 1. The van der Waals surface area contributed by atoms with Crippen molar-refractivity contribution < 1.29 is 0 Å². The molecule has 0 spiro atoms. The van der Waals surface area contributed by atoms with E-state index in [1.54, 1.807) is 0 Å². The quantitative estimate of drug-likeness (QED) is 0.280. The third-order valence-corrected chi connectivity index (χ3v) is 6.23. The number of nitrogens with zero attached hydrogens (tertiary/aromatic N) is 3. The summed E-state index contributed by atoms with van der Waals surface area (Å²) in [7, 11) is 0. The summed E-state index contributed by atoms with van der Waals surface area (Å²) in [5, 5.41) is 13.6. The topological polar surface area (TPSA) is 41.1 Å². The lowest BCUT2D eigenvalue weighted by Crippen LogP contribution is -2.12. The van der Waals surface area contributed by atoms with Crippen molar-refractivity contribution in [3.63, 3.8) is 0 Å². The molecule has 0 atom stereocenters. The summed E-state index contributed by atoms with van der Waals surface area (Å²) < 4.78 is 2.21. The van der Waals surface area contributed by atoms with Crippen molar-refractivity contribution in [2.75, 3.05) is 0 Å². The molecule has 0 radical (unpaired) electrons. The maximum absolute atomic E-state index is 10.1. The van der Waals surface area contributed by atoms with E-state index in [-0.39, 0.29) is 5.41 Å². The molecule has 0 aliphatic rings. The Kier molecular flexibility index (Phi) is 4.17. The Balaban J connectivity index is 2.14. The van der Waals surface area contributed by atoms with Gasteiger partial charge < -0.3 is 0 Å². The summed E-state index contributed by atoms with van der Waals surface area (Å²) in [5.74, 6) is 0. The number of hydrogen-bond acceptors (Lipinski definition) is 2. The third-order valence-electron chi connectivity index (χ3n) is 6.23. The largest absolute Gasteiger partial charge is 0.290 e. The molecule has 0 aliphatic carbocycles. The summed E-state index contributed by atoms with van der Waals surface area (Å²) in [4.78, 5) is 4.94. The van der Waals surface area contributed by atoms with Crippen LogP contribution in [0.25, 0.3) is 38.6 Å². The predicted octanol–water partition coefficient (Wildman–Crippen LogP) is 7.09. The molecular formula is C28H25N3. The van der Waals surface area contributed by atoms with Gasteiger partial charge in [0.2, 0.25) is 0 Å². The number of hydrogen-bond donors (Lipinski definition) is 0. The van der Waals surface area contributed by atoms with Crippen LogP contribution in [0.15, 0.2) is 60.7 Å². The summed E-state index contributed by atoms with van der Waals surface area (Å²) in [6.45, 7) is 10.9. The molecule has 3 nitrogen and oxygen atoms in total. The Morgan fingerprint density at radius 3 is 2.16 bits per heavy atom. The number of fused-ring (bicyclic) bond motifs is 6. The molecule has 2 heterocycles. The van der Waals surface area contributed by atoms with E-state index in [1.807, 2.05) is 0 Å². The first kappa shape index (κ1) is 19.3. The number of pyridine rings is 1. The maximum Gasteiger partial charge on any atom is 0.167 e. The molecule has 2 aromatic heterocycles. The van der Waals surface area contributed by atoms with E-state index in [0.717, 1.165) is 38.9 Å². The second kappa shape index (κ2) is 6.68. The van der Waals surface area contributed by atoms with Crippen LogP contribution in [0.3, 0.4) is 0 Å². The molecule has 0 aliphatic heterocycles. The van der Waals surface area contributed by atoms with Crippen LogP contribution in [-0.4, -0.2) is 9.38 Å². The number of aryl methyl sites for hydroxylation is 2. The molecular weight excluding hydrogens is 378 g/mol. The fourth-order valence-electron chi connectivity index (χ4n) is 4.86. The van der Waals surface area contributed by atoms with Crippen LogP contribution in [0.5, 0.6) is 0 Å². The Labute approximate surface area is 182 Å². The molecule has 0 N–H and O–H groups in total. The minimum atomic E-state index is -0.0556. The zero-order chi connectivity index (χ0) is 21.9. The van der Waals surface area contributed by atoms with E-state index in [9.17, 15) is 5.26 Å².